The molecule has 84 valence electrons. The molecular weight excluding hydrogens is 192 g/mol. The lowest BCUT2D eigenvalue weighted by atomic mass is 10.2. The third-order valence-corrected chi connectivity index (χ3v) is 2.05. The first-order valence-electron chi connectivity index (χ1n) is 4.99. The number of nitrogens with zero attached hydrogens (tertiary/aromatic N) is 1. The number of rotatable bonds is 6. The summed E-state index contributed by atoms with van der Waals surface area (Å²) in [5.41, 5.74) is 0. The fourth-order valence-corrected chi connectivity index (χ4v) is 1.23. The Hall–Kier alpha value is -1.29. The topological polar surface area (TPSA) is 43.4 Å². The molecule has 1 aromatic rings. The number of pyridine rings is 1. The third kappa shape index (κ3) is 4.16. The Balaban J connectivity index is 2.37. The lowest BCUT2D eigenvalue weighted by Gasteiger charge is -2.11. The number of nitrogens with one attached hydrogen (secondary N) is 1. The molecule has 1 rings (SSSR count). The van der Waals surface area contributed by atoms with E-state index >= 15 is 0 Å². The molecule has 1 N–H and O–H groups in total. The lowest BCUT2D eigenvalue weighted by Crippen LogP contribution is -2.16. The second-order valence-electron chi connectivity index (χ2n) is 3.52. The van der Waals surface area contributed by atoms with E-state index in [1.54, 1.807) is 20.4 Å². The molecule has 4 nitrogen and oxygen atoms in total. The number of aromatic nitrogens is 1. The summed E-state index contributed by atoms with van der Waals surface area (Å²) in [7, 11) is 3.34. The predicted octanol–water partition coefficient (Wildman–Crippen LogP) is 1.78. The van der Waals surface area contributed by atoms with Gasteiger partial charge in [0.05, 0.1) is 19.9 Å². The molecule has 0 aliphatic carbocycles. The summed E-state index contributed by atoms with van der Waals surface area (Å²) in [6, 6.07) is 3.79. The first-order chi connectivity index (χ1) is 7.26. The standard InChI is InChI=1S/C11H18N2O2/c1-9(8-14-2)6-12-11-5-4-10(15-3)7-13-11/h4-5,7,9H,6,8H2,1-3H3,(H,12,13). The van der Waals surface area contributed by atoms with Crippen LogP contribution in [0.25, 0.3) is 0 Å². The molecule has 1 unspecified atom stereocenters. The molecule has 1 heterocycles. The summed E-state index contributed by atoms with van der Waals surface area (Å²) in [5.74, 6) is 2.10. The minimum atomic E-state index is 0.471. The first-order valence-corrected chi connectivity index (χ1v) is 4.99. The molecule has 0 bridgehead atoms. The highest BCUT2D eigenvalue weighted by Crippen LogP contribution is 2.11. The van der Waals surface area contributed by atoms with Gasteiger partial charge in [-0.25, -0.2) is 4.98 Å². The van der Waals surface area contributed by atoms with Crippen LogP contribution >= 0.6 is 0 Å². The van der Waals surface area contributed by atoms with Crippen LogP contribution < -0.4 is 10.1 Å². The maximum atomic E-state index is 5.05. The van der Waals surface area contributed by atoms with E-state index in [1.165, 1.54) is 0 Å². The van der Waals surface area contributed by atoms with E-state index in [9.17, 15) is 0 Å². The van der Waals surface area contributed by atoms with Crippen molar-refractivity contribution in [3.63, 3.8) is 0 Å². The van der Waals surface area contributed by atoms with Gasteiger partial charge < -0.3 is 14.8 Å². The largest absolute Gasteiger partial charge is 0.495 e. The summed E-state index contributed by atoms with van der Waals surface area (Å²) in [6.45, 7) is 3.73. The van der Waals surface area contributed by atoms with Crippen LogP contribution in [0.4, 0.5) is 5.82 Å². The van der Waals surface area contributed by atoms with Crippen molar-refractivity contribution >= 4 is 5.82 Å². The van der Waals surface area contributed by atoms with Gasteiger partial charge >= 0.3 is 0 Å². The van der Waals surface area contributed by atoms with Crippen molar-refractivity contribution < 1.29 is 9.47 Å². The number of hydrogen-bond donors (Lipinski definition) is 1. The Labute approximate surface area is 90.6 Å². The van der Waals surface area contributed by atoms with Gasteiger partial charge in [0, 0.05) is 13.7 Å². The average Bonchev–Trinajstić information content (AvgIpc) is 2.27. The summed E-state index contributed by atoms with van der Waals surface area (Å²) < 4.78 is 10.1. The molecule has 0 aliphatic rings. The normalized spacial score (nSPS) is 12.2. The van der Waals surface area contributed by atoms with Gasteiger partial charge in [0.2, 0.25) is 0 Å². The number of methoxy groups -OCH3 is 2. The van der Waals surface area contributed by atoms with E-state index in [4.69, 9.17) is 9.47 Å². The van der Waals surface area contributed by atoms with Crippen LogP contribution in [0.1, 0.15) is 6.92 Å². The zero-order chi connectivity index (χ0) is 11.1. The van der Waals surface area contributed by atoms with E-state index in [2.05, 4.69) is 17.2 Å². The van der Waals surface area contributed by atoms with E-state index in [0.29, 0.717) is 5.92 Å². The van der Waals surface area contributed by atoms with Crippen LogP contribution in [-0.2, 0) is 4.74 Å². The van der Waals surface area contributed by atoms with Crippen molar-refractivity contribution in [3.05, 3.63) is 18.3 Å². The first kappa shape index (κ1) is 11.8. The van der Waals surface area contributed by atoms with Gasteiger partial charge in [-0.15, -0.1) is 0 Å². The molecule has 15 heavy (non-hydrogen) atoms. The van der Waals surface area contributed by atoms with Gasteiger partial charge in [-0.05, 0) is 18.1 Å². The third-order valence-electron chi connectivity index (χ3n) is 2.05. The molecule has 0 amide bonds. The Bertz CT molecular complexity index is 274. The van der Waals surface area contributed by atoms with Crippen molar-refractivity contribution in [3.8, 4) is 5.75 Å². The fourth-order valence-electron chi connectivity index (χ4n) is 1.23. The second kappa shape index (κ2) is 6.24. The molecule has 1 atom stereocenters. The maximum absolute atomic E-state index is 5.05. The summed E-state index contributed by atoms with van der Waals surface area (Å²) in [5, 5.41) is 3.23. The van der Waals surface area contributed by atoms with Gasteiger partial charge in [-0.3, -0.25) is 0 Å². The van der Waals surface area contributed by atoms with Crippen molar-refractivity contribution in [1.29, 1.82) is 0 Å². The minimum Gasteiger partial charge on any atom is -0.495 e. The lowest BCUT2D eigenvalue weighted by molar-refractivity contribution is 0.164. The van der Waals surface area contributed by atoms with Crippen LogP contribution in [-0.4, -0.2) is 32.4 Å². The zero-order valence-electron chi connectivity index (χ0n) is 9.49. The quantitative estimate of drug-likeness (QED) is 0.777. The molecule has 1 aromatic heterocycles. The number of anilines is 1. The molecule has 0 radical (unpaired) electrons. The van der Waals surface area contributed by atoms with E-state index in [1.807, 2.05) is 12.1 Å². The Morgan fingerprint density at radius 2 is 2.20 bits per heavy atom. The van der Waals surface area contributed by atoms with Crippen molar-refractivity contribution in [2.45, 2.75) is 6.92 Å². The molecule has 0 aromatic carbocycles. The van der Waals surface area contributed by atoms with Gasteiger partial charge in [0.1, 0.15) is 11.6 Å². The summed E-state index contributed by atoms with van der Waals surface area (Å²) >= 11 is 0. The molecule has 0 saturated heterocycles. The monoisotopic (exact) mass is 210 g/mol. The van der Waals surface area contributed by atoms with Crippen LogP contribution in [0.5, 0.6) is 5.75 Å². The van der Waals surface area contributed by atoms with Crippen LogP contribution in [0.15, 0.2) is 18.3 Å². The smallest absolute Gasteiger partial charge is 0.137 e. The van der Waals surface area contributed by atoms with Crippen LogP contribution in [0, 0.1) is 5.92 Å². The highest BCUT2D eigenvalue weighted by Gasteiger charge is 2.01. The Morgan fingerprint density at radius 3 is 2.73 bits per heavy atom. The zero-order valence-corrected chi connectivity index (χ0v) is 9.49. The van der Waals surface area contributed by atoms with Gasteiger partial charge in [-0.1, -0.05) is 6.92 Å². The number of hydrogen-bond acceptors (Lipinski definition) is 4. The summed E-state index contributed by atoms with van der Waals surface area (Å²) in [4.78, 5) is 4.20. The summed E-state index contributed by atoms with van der Waals surface area (Å²) in [6.07, 6.45) is 1.70. The van der Waals surface area contributed by atoms with Crippen molar-refractivity contribution in [1.82, 2.24) is 4.98 Å². The van der Waals surface area contributed by atoms with Gasteiger partial charge in [0.25, 0.3) is 0 Å². The maximum Gasteiger partial charge on any atom is 0.137 e. The van der Waals surface area contributed by atoms with E-state index in [0.717, 1.165) is 24.7 Å². The Morgan fingerprint density at radius 1 is 1.40 bits per heavy atom. The highest BCUT2D eigenvalue weighted by molar-refractivity contribution is 5.37. The van der Waals surface area contributed by atoms with Gasteiger partial charge in [0.15, 0.2) is 0 Å². The average molecular weight is 210 g/mol. The fraction of sp³-hybridized carbons (Fsp3) is 0.545. The number of ether oxygens (including phenoxy) is 2. The molecular formula is C11H18N2O2. The molecule has 0 spiro atoms. The Kier molecular flexibility index (Phi) is 4.90. The SMILES string of the molecule is COCC(C)CNc1ccc(OC)cn1. The van der Waals surface area contributed by atoms with Crippen molar-refractivity contribution in [2.24, 2.45) is 5.92 Å². The van der Waals surface area contributed by atoms with E-state index < -0.39 is 0 Å². The predicted molar refractivity (Wildman–Crippen MR) is 60.3 cm³/mol. The van der Waals surface area contributed by atoms with Crippen molar-refractivity contribution in [2.75, 3.05) is 32.7 Å². The van der Waals surface area contributed by atoms with Gasteiger partial charge in [-0.2, -0.15) is 0 Å². The van der Waals surface area contributed by atoms with E-state index in [-0.39, 0.29) is 0 Å². The molecule has 4 heteroatoms. The molecule has 0 fully saturated rings. The minimum absolute atomic E-state index is 0.471. The van der Waals surface area contributed by atoms with Crippen LogP contribution in [0.2, 0.25) is 0 Å². The second-order valence-corrected chi connectivity index (χ2v) is 3.52. The highest BCUT2D eigenvalue weighted by atomic mass is 16.5. The molecule has 0 saturated carbocycles. The molecule has 0 aliphatic heterocycles. The van der Waals surface area contributed by atoms with Crippen LogP contribution in [0.3, 0.4) is 0 Å².